The molecule has 0 aliphatic heterocycles. The van der Waals surface area contributed by atoms with Gasteiger partial charge in [0.25, 0.3) is 5.91 Å². The first-order chi connectivity index (χ1) is 7.24. The maximum atomic E-state index is 11.3. The predicted octanol–water partition coefficient (Wildman–Crippen LogP) is 0.474. The topological polar surface area (TPSA) is 71.2 Å². The van der Waals surface area contributed by atoms with E-state index in [-0.39, 0.29) is 12.5 Å². The lowest BCUT2D eigenvalue weighted by Gasteiger charge is -1.98. The molecule has 5 heteroatoms. The summed E-state index contributed by atoms with van der Waals surface area (Å²) in [6.45, 7) is 0.285. The van der Waals surface area contributed by atoms with Gasteiger partial charge in [-0.2, -0.15) is 0 Å². The zero-order valence-corrected chi connectivity index (χ0v) is 8.32. The zero-order chi connectivity index (χ0) is 11.1. The van der Waals surface area contributed by atoms with Gasteiger partial charge in [0.15, 0.2) is 0 Å². The van der Waals surface area contributed by atoms with Crippen molar-refractivity contribution < 1.29 is 14.3 Å². The van der Waals surface area contributed by atoms with Gasteiger partial charge in [-0.15, -0.1) is 0 Å². The molecular formula is C10H12N2O3. The molecule has 0 unspecified atom stereocenters. The van der Waals surface area contributed by atoms with E-state index in [0.29, 0.717) is 5.69 Å². The van der Waals surface area contributed by atoms with Crippen molar-refractivity contribution in [1.29, 1.82) is 0 Å². The van der Waals surface area contributed by atoms with Crippen LogP contribution in [0.15, 0.2) is 30.5 Å². The molecule has 0 spiro atoms. The Labute approximate surface area is 87.1 Å². The Balaban J connectivity index is 2.30. The van der Waals surface area contributed by atoms with E-state index in [1.165, 1.54) is 19.3 Å². The Bertz CT molecular complexity index is 355. The van der Waals surface area contributed by atoms with E-state index < -0.39 is 5.97 Å². The summed E-state index contributed by atoms with van der Waals surface area (Å²) in [6, 6.07) is 3.40. The van der Waals surface area contributed by atoms with Gasteiger partial charge in [0, 0.05) is 18.8 Å². The van der Waals surface area contributed by atoms with Gasteiger partial charge < -0.3 is 15.0 Å². The third kappa shape index (κ3) is 3.68. The number of hydrogen-bond donors (Lipinski definition) is 2. The molecule has 0 aliphatic rings. The lowest BCUT2D eigenvalue weighted by molar-refractivity contribution is -0.134. The van der Waals surface area contributed by atoms with Crippen molar-refractivity contribution >= 4 is 11.9 Å². The third-order valence-corrected chi connectivity index (χ3v) is 1.68. The van der Waals surface area contributed by atoms with E-state index in [2.05, 4.69) is 15.0 Å². The fourth-order valence-electron chi connectivity index (χ4n) is 0.942. The summed E-state index contributed by atoms with van der Waals surface area (Å²) in [5, 5.41) is 2.60. The Morgan fingerprint density at radius 3 is 3.00 bits per heavy atom. The molecular weight excluding hydrogens is 196 g/mol. The second-order valence-corrected chi connectivity index (χ2v) is 2.72. The second kappa shape index (κ2) is 5.64. The van der Waals surface area contributed by atoms with Gasteiger partial charge >= 0.3 is 5.97 Å². The fraction of sp³-hybridized carbons (Fsp3) is 0.200. The summed E-state index contributed by atoms with van der Waals surface area (Å²) in [5.74, 6) is -0.654. The Morgan fingerprint density at radius 2 is 2.40 bits per heavy atom. The molecule has 0 aliphatic carbocycles. The Morgan fingerprint density at radius 1 is 1.60 bits per heavy atom. The monoisotopic (exact) mass is 208 g/mol. The van der Waals surface area contributed by atoms with Crippen LogP contribution in [0, 0.1) is 0 Å². The van der Waals surface area contributed by atoms with Crippen molar-refractivity contribution in [2.45, 2.75) is 0 Å². The maximum Gasteiger partial charge on any atom is 0.330 e. The van der Waals surface area contributed by atoms with Crippen molar-refractivity contribution in [2.75, 3.05) is 13.7 Å². The van der Waals surface area contributed by atoms with Gasteiger partial charge in [-0.3, -0.25) is 4.79 Å². The van der Waals surface area contributed by atoms with Crippen molar-refractivity contribution in [2.24, 2.45) is 0 Å². The van der Waals surface area contributed by atoms with Crippen LogP contribution in [0.25, 0.3) is 0 Å². The summed E-state index contributed by atoms with van der Waals surface area (Å²) in [5.41, 5.74) is 0.487. The van der Waals surface area contributed by atoms with E-state index in [9.17, 15) is 9.59 Å². The van der Waals surface area contributed by atoms with Crippen LogP contribution in [0.5, 0.6) is 0 Å². The minimum Gasteiger partial charge on any atom is -0.466 e. The van der Waals surface area contributed by atoms with Crippen molar-refractivity contribution in [3.05, 3.63) is 36.2 Å². The lowest BCUT2D eigenvalue weighted by Crippen LogP contribution is -2.23. The highest BCUT2D eigenvalue weighted by molar-refractivity contribution is 5.92. The number of aromatic nitrogens is 1. The molecule has 5 nitrogen and oxygen atoms in total. The Hall–Kier alpha value is -2.04. The first-order valence-corrected chi connectivity index (χ1v) is 4.40. The van der Waals surface area contributed by atoms with Crippen molar-refractivity contribution in [1.82, 2.24) is 10.3 Å². The van der Waals surface area contributed by atoms with Crippen LogP contribution in [0.2, 0.25) is 0 Å². The summed E-state index contributed by atoms with van der Waals surface area (Å²) in [4.78, 5) is 24.8. The lowest BCUT2D eigenvalue weighted by atomic mass is 10.4. The number of carbonyl (C=O) groups excluding carboxylic acids is 2. The molecule has 0 atom stereocenters. The Kier molecular flexibility index (Phi) is 4.15. The van der Waals surface area contributed by atoms with Crippen LogP contribution in [-0.2, 0) is 9.53 Å². The average Bonchev–Trinajstić information content (AvgIpc) is 2.77. The maximum absolute atomic E-state index is 11.3. The molecule has 0 radical (unpaired) electrons. The number of aromatic amines is 1. The molecule has 80 valence electrons. The number of ether oxygens (including phenoxy) is 1. The number of amides is 1. The molecule has 1 heterocycles. The highest BCUT2D eigenvalue weighted by Gasteiger charge is 2.02. The molecule has 1 aromatic heterocycles. The molecule has 1 aromatic rings. The van der Waals surface area contributed by atoms with Gasteiger partial charge in [0.1, 0.15) is 5.69 Å². The number of carbonyl (C=O) groups is 2. The van der Waals surface area contributed by atoms with Crippen molar-refractivity contribution in [3.63, 3.8) is 0 Å². The summed E-state index contributed by atoms with van der Waals surface area (Å²) < 4.78 is 4.38. The van der Waals surface area contributed by atoms with Crippen LogP contribution >= 0.6 is 0 Å². The van der Waals surface area contributed by atoms with E-state index in [1.54, 1.807) is 18.3 Å². The number of nitrogens with one attached hydrogen (secondary N) is 2. The molecule has 0 saturated heterocycles. The number of rotatable bonds is 4. The van der Waals surface area contributed by atoms with Crippen LogP contribution < -0.4 is 5.32 Å². The molecule has 0 aromatic carbocycles. The normalized spacial score (nSPS) is 10.2. The quantitative estimate of drug-likeness (QED) is 0.558. The van der Waals surface area contributed by atoms with E-state index >= 15 is 0 Å². The van der Waals surface area contributed by atoms with Gasteiger partial charge in [0.2, 0.25) is 0 Å². The summed E-state index contributed by atoms with van der Waals surface area (Å²) in [6.07, 6.45) is 4.45. The van der Waals surface area contributed by atoms with Gasteiger partial charge in [-0.25, -0.2) is 4.79 Å². The van der Waals surface area contributed by atoms with Crippen LogP contribution in [0.3, 0.4) is 0 Å². The predicted molar refractivity (Wildman–Crippen MR) is 54.3 cm³/mol. The van der Waals surface area contributed by atoms with Gasteiger partial charge in [-0.1, -0.05) is 6.08 Å². The number of esters is 1. The minimum atomic E-state index is -0.441. The standard InChI is InChI=1S/C10H12N2O3/c1-15-9(13)5-3-7-12-10(14)8-4-2-6-11-8/h2-6,11H,7H2,1H3,(H,12,14)/b5-3+. The zero-order valence-electron chi connectivity index (χ0n) is 8.32. The third-order valence-electron chi connectivity index (χ3n) is 1.68. The fourth-order valence-corrected chi connectivity index (χ4v) is 0.942. The summed E-state index contributed by atoms with van der Waals surface area (Å²) >= 11 is 0. The first-order valence-electron chi connectivity index (χ1n) is 4.40. The highest BCUT2D eigenvalue weighted by Crippen LogP contribution is 1.92. The van der Waals surface area contributed by atoms with E-state index in [1.807, 2.05) is 0 Å². The molecule has 2 N–H and O–H groups in total. The van der Waals surface area contributed by atoms with Gasteiger partial charge in [0.05, 0.1) is 7.11 Å². The average molecular weight is 208 g/mol. The molecule has 0 fully saturated rings. The first kappa shape index (κ1) is 11.0. The molecule has 0 saturated carbocycles. The second-order valence-electron chi connectivity index (χ2n) is 2.72. The largest absolute Gasteiger partial charge is 0.466 e. The number of H-pyrrole nitrogens is 1. The highest BCUT2D eigenvalue weighted by atomic mass is 16.5. The molecule has 1 amide bonds. The smallest absolute Gasteiger partial charge is 0.330 e. The van der Waals surface area contributed by atoms with Gasteiger partial charge in [-0.05, 0) is 12.1 Å². The molecule has 1 rings (SSSR count). The number of hydrogen-bond acceptors (Lipinski definition) is 3. The van der Waals surface area contributed by atoms with Crippen LogP contribution in [-0.4, -0.2) is 30.5 Å². The molecule has 15 heavy (non-hydrogen) atoms. The van der Waals surface area contributed by atoms with E-state index in [4.69, 9.17) is 0 Å². The van der Waals surface area contributed by atoms with Crippen molar-refractivity contribution in [3.8, 4) is 0 Å². The SMILES string of the molecule is COC(=O)/C=C/CNC(=O)c1ccc[nH]1. The summed E-state index contributed by atoms with van der Waals surface area (Å²) in [7, 11) is 1.30. The minimum absolute atomic E-state index is 0.213. The van der Waals surface area contributed by atoms with Crippen LogP contribution in [0.4, 0.5) is 0 Å². The number of methoxy groups -OCH3 is 1. The van der Waals surface area contributed by atoms with Crippen LogP contribution in [0.1, 0.15) is 10.5 Å². The van der Waals surface area contributed by atoms with E-state index in [0.717, 1.165) is 0 Å². The molecule has 0 bridgehead atoms.